The number of hydrogen-bond donors (Lipinski definition) is 1. The molecule has 19 heavy (non-hydrogen) atoms. The zero-order valence-electron chi connectivity index (χ0n) is 9.45. The quantitative estimate of drug-likeness (QED) is 0.759. The van der Waals surface area contributed by atoms with Gasteiger partial charge >= 0.3 is 0 Å². The molecular weight excluding hydrogens is 440 g/mol. The lowest BCUT2D eigenvalue weighted by Crippen LogP contribution is -2.12. The topological polar surface area (TPSA) is 59.1 Å². The van der Waals surface area contributed by atoms with Gasteiger partial charge in [0.2, 0.25) is 0 Å². The van der Waals surface area contributed by atoms with Crippen LogP contribution in [0.4, 0.5) is 5.82 Å². The normalized spacial score (nSPS) is 11.6. The van der Waals surface area contributed by atoms with Crippen LogP contribution in [0.2, 0.25) is 5.02 Å². The average Bonchev–Trinajstić information content (AvgIpc) is 2.65. The molecule has 0 aliphatic heterocycles. The highest BCUT2D eigenvalue weighted by atomic mass is 79.9. The van der Waals surface area contributed by atoms with Gasteiger partial charge in [-0.05, 0) is 56.5 Å². The molecule has 0 unspecified atom stereocenters. The van der Waals surface area contributed by atoms with Gasteiger partial charge in [0.15, 0.2) is 0 Å². The fraction of sp³-hybridized carbons (Fsp3) is 0.100. The Hall–Kier alpha value is -0.150. The molecular formula is C10H7Br2ClN2O2S2. The molecule has 0 fully saturated rings. The number of hydrogen-bond acceptors (Lipinski definition) is 4. The first-order valence-electron chi connectivity index (χ1n) is 4.89. The Morgan fingerprint density at radius 3 is 2.58 bits per heavy atom. The summed E-state index contributed by atoms with van der Waals surface area (Å²) in [4.78, 5) is 4.00. The van der Waals surface area contributed by atoms with Gasteiger partial charge in [-0.1, -0.05) is 11.6 Å². The van der Waals surface area contributed by atoms with Crippen molar-refractivity contribution >= 4 is 70.6 Å². The van der Waals surface area contributed by atoms with Crippen LogP contribution in [0.3, 0.4) is 0 Å². The smallest absolute Gasteiger partial charge is 0.263 e. The highest BCUT2D eigenvalue weighted by molar-refractivity contribution is 9.11. The minimum absolute atomic E-state index is 0.131. The molecule has 2 aromatic rings. The second-order valence-electron chi connectivity index (χ2n) is 3.61. The van der Waals surface area contributed by atoms with Crippen LogP contribution in [0.15, 0.2) is 30.8 Å². The highest BCUT2D eigenvalue weighted by Crippen LogP contribution is 2.35. The van der Waals surface area contributed by atoms with Crippen LogP contribution in [-0.4, -0.2) is 13.4 Å². The van der Waals surface area contributed by atoms with Crippen molar-refractivity contribution in [2.24, 2.45) is 0 Å². The van der Waals surface area contributed by atoms with E-state index in [0.717, 1.165) is 21.4 Å². The van der Waals surface area contributed by atoms with Gasteiger partial charge in [-0.3, -0.25) is 4.72 Å². The average molecular weight is 447 g/mol. The lowest BCUT2D eigenvalue weighted by atomic mass is 10.3. The molecule has 2 heterocycles. The summed E-state index contributed by atoms with van der Waals surface area (Å²) in [6.45, 7) is 1.85. The molecule has 2 aromatic heterocycles. The van der Waals surface area contributed by atoms with E-state index in [1.165, 1.54) is 6.07 Å². The molecule has 1 N–H and O–H groups in total. The maximum absolute atomic E-state index is 12.1. The second kappa shape index (κ2) is 5.69. The lowest BCUT2D eigenvalue weighted by molar-refractivity contribution is 0.603. The fourth-order valence-corrected chi connectivity index (χ4v) is 4.86. The molecule has 0 bridgehead atoms. The summed E-state index contributed by atoms with van der Waals surface area (Å²) in [5.41, 5.74) is 0.887. The summed E-state index contributed by atoms with van der Waals surface area (Å²) in [5, 5.41) is 0.366. The van der Waals surface area contributed by atoms with Gasteiger partial charge in [0.1, 0.15) is 10.0 Å². The van der Waals surface area contributed by atoms with Gasteiger partial charge in [0.05, 0.1) is 8.81 Å². The molecule has 102 valence electrons. The molecule has 0 saturated carbocycles. The van der Waals surface area contributed by atoms with Crippen LogP contribution < -0.4 is 4.72 Å². The number of pyridine rings is 1. The Bertz CT molecular complexity index is 712. The van der Waals surface area contributed by atoms with E-state index in [9.17, 15) is 8.42 Å². The van der Waals surface area contributed by atoms with Crippen molar-refractivity contribution in [3.63, 3.8) is 0 Å². The molecule has 0 saturated heterocycles. The van der Waals surface area contributed by atoms with Crippen LogP contribution in [0.25, 0.3) is 0 Å². The van der Waals surface area contributed by atoms with Crippen molar-refractivity contribution in [3.05, 3.63) is 37.2 Å². The lowest BCUT2D eigenvalue weighted by Gasteiger charge is -2.06. The minimum Gasteiger partial charge on any atom is -0.263 e. The standard InChI is InChI=1S/C10H7Br2ClN2O2S2/c1-5-2-8(14-4-6(5)11)15-19(16,17)9-3-7(13)10(12)18-9/h2-4H,1H3,(H,14,15). The van der Waals surface area contributed by atoms with Gasteiger partial charge in [-0.2, -0.15) is 0 Å². The van der Waals surface area contributed by atoms with Crippen LogP contribution >= 0.6 is 54.8 Å². The van der Waals surface area contributed by atoms with E-state index in [4.69, 9.17) is 11.6 Å². The molecule has 2 rings (SSSR count). The van der Waals surface area contributed by atoms with Crippen LogP contribution in [0.1, 0.15) is 5.56 Å². The predicted molar refractivity (Wildman–Crippen MR) is 84.5 cm³/mol. The third-order valence-electron chi connectivity index (χ3n) is 2.17. The number of aromatic nitrogens is 1. The number of thiophene rings is 1. The molecule has 4 nitrogen and oxygen atoms in total. The first-order chi connectivity index (χ1) is 8.79. The molecule has 0 aliphatic rings. The van der Waals surface area contributed by atoms with Crippen molar-refractivity contribution < 1.29 is 8.42 Å². The van der Waals surface area contributed by atoms with Crippen LogP contribution in [-0.2, 0) is 10.0 Å². The third kappa shape index (κ3) is 3.49. The van der Waals surface area contributed by atoms with Crippen molar-refractivity contribution in [1.29, 1.82) is 0 Å². The number of nitrogens with zero attached hydrogens (tertiary/aromatic N) is 1. The number of rotatable bonds is 3. The van der Waals surface area contributed by atoms with Crippen molar-refractivity contribution in [3.8, 4) is 0 Å². The van der Waals surface area contributed by atoms with E-state index in [2.05, 4.69) is 41.6 Å². The van der Waals surface area contributed by atoms with Gasteiger partial charge in [0, 0.05) is 10.7 Å². The number of sulfonamides is 1. The van der Waals surface area contributed by atoms with Gasteiger partial charge in [-0.25, -0.2) is 13.4 Å². The van der Waals surface area contributed by atoms with Crippen molar-refractivity contribution in [2.75, 3.05) is 4.72 Å². The summed E-state index contributed by atoms with van der Waals surface area (Å²) < 4.78 is 28.2. The van der Waals surface area contributed by atoms with Crippen molar-refractivity contribution in [1.82, 2.24) is 4.98 Å². The Kier molecular flexibility index (Phi) is 4.56. The SMILES string of the molecule is Cc1cc(NS(=O)(=O)c2cc(Cl)c(Br)s2)ncc1Br. The van der Waals surface area contributed by atoms with E-state index in [1.807, 2.05) is 6.92 Å². The first-order valence-corrected chi connectivity index (χ1v) is 9.16. The van der Waals surface area contributed by atoms with E-state index >= 15 is 0 Å². The van der Waals surface area contributed by atoms with Gasteiger partial charge in [-0.15, -0.1) is 11.3 Å². The minimum atomic E-state index is -3.67. The maximum Gasteiger partial charge on any atom is 0.272 e. The van der Waals surface area contributed by atoms with E-state index in [1.54, 1.807) is 12.3 Å². The number of nitrogens with one attached hydrogen (secondary N) is 1. The highest BCUT2D eigenvalue weighted by Gasteiger charge is 2.19. The Morgan fingerprint density at radius 2 is 2.05 bits per heavy atom. The molecule has 0 spiro atoms. The third-order valence-corrected chi connectivity index (χ3v) is 7.31. The second-order valence-corrected chi connectivity index (χ2v) is 9.15. The monoisotopic (exact) mass is 444 g/mol. The summed E-state index contributed by atoms with van der Waals surface area (Å²) in [6, 6.07) is 3.04. The number of aryl methyl sites for hydroxylation is 1. The molecule has 0 radical (unpaired) electrons. The first kappa shape index (κ1) is 15.2. The molecule has 0 aromatic carbocycles. The summed E-state index contributed by atoms with van der Waals surface area (Å²) >= 11 is 13.4. The summed E-state index contributed by atoms with van der Waals surface area (Å²) in [6.07, 6.45) is 1.55. The maximum atomic E-state index is 12.1. The zero-order valence-corrected chi connectivity index (χ0v) is 15.0. The van der Waals surface area contributed by atoms with E-state index < -0.39 is 10.0 Å². The van der Waals surface area contributed by atoms with Crippen LogP contribution in [0.5, 0.6) is 0 Å². The molecule has 0 atom stereocenters. The summed E-state index contributed by atoms with van der Waals surface area (Å²) in [5.74, 6) is 0.265. The Balaban J connectivity index is 2.33. The number of halogens is 3. The van der Waals surface area contributed by atoms with Crippen molar-refractivity contribution in [2.45, 2.75) is 11.1 Å². The zero-order chi connectivity index (χ0) is 14.2. The largest absolute Gasteiger partial charge is 0.272 e. The molecule has 0 aliphatic carbocycles. The fourth-order valence-electron chi connectivity index (χ4n) is 1.24. The molecule has 9 heteroatoms. The Labute approximate surface area is 136 Å². The van der Waals surface area contributed by atoms with Crippen LogP contribution in [0, 0.1) is 6.92 Å². The number of anilines is 1. The van der Waals surface area contributed by atoms with E-state index in [0.29, 0.717) is 8.81 Å². The Morgan fingerprint density at radius 1 is 1.37 bits per heavy atom. The molecule has 0 amide bonds. The van der Waals surface area contributed by atoms with E-state index in [-0.39, 0.29) is 10.0 Å². The summed E-state index contributed by atoms with van der Waals surface area (Å²) in [7, 11) is -3.67. The predicted octanol–water partition coefficient (Wildman–Crippen LogP) is 4.43. The van der Waals surface area contributed by atoms with Gasteiger partial charge < -0.3 is 0 Å². The van der Waals surface area contributed by atoms with Gasteiger partial charge in [0.25, 0.3) is 10.0 Å².